The summed E-state index contributed by atoms with van der Waals surface area (Å²) in [4.78, 5) is 12.1. The minimum Gasteiger partial charge on any atom is -0.420 e. The highest BCUT2D eigenvalue weighted by atomic mass is 79.9. The van der Waals surface area contributed by atoms with E-state index in [1.165, 1.54) is 0 Å². The molecular weight excluding hydrogens is 360 g/mol. The molecule has 23 heavy (non-hydrogen) atoms. The molecule has 118 valence electrons. The van der Waals surface area contributed by atoms with Crippen LogP contribution in [0.25, 0.3) is 11.6 Å². The SMILES string of the molecule is Cc1nnc(-c2cccn2CC(=O)NCc2cccc(Br)c2)o1. The smallest absolute Gasteiger partial charge is 0.264 e. The largest absolute Gasteiger partial charge is 0.420 e. The summed E-state index contributed by atoms with van der Waals surface area (Å²) >= 11 is 3.42. The van der Waals surface area contributed by atoms with Crippen LogP contribution in [0, 0.1) is 6.92 Å². The molecule has 0 unspecified atom stereocenters. The van der Waals surface area contributed by atoms with Crippen LogP contribution in [0.4, 0.5) is 0 Å². The summed E-state index contributed by atoms with van der Waals surface area (Å²) < 4.78 is 8.18. The molecule has 0 fully saturated rings. The zero-order valence-corrected chi connectivity index (χ0v) is 14.1. The number of carbonyl (C=O) groups excluding carboxylic acids is 1. The molecule has 0 aliphatic carbocycles. The van der Waals surface area contributed by atoms with E-state index < -0.39 is 0 Å². The Hall–Kier alpha value is -2.41. The first-order valence-electron chi connectivity index (χ1n) is 7.08. The lowest BCUT2D eigenvalue weighted by atomic mass is 10.2. The van der Waals surface area contributed by atoms with Gasteiger partial charge in [-0.3, -0.25) is 4.79 Å². The normalized spacial score (nSPS) is 10.7. The number of amides is 1. The van der Waals surface area contributed by atoms with Crippen molar-refractivity contribution in [1.82, 2.24) is 20.1 Å². The Morgan fingerprint density at radius 3 is 2.91 bits per heavy atom. The van der Waals surface area contributed by atoms with Crippen molar-refractivity contribution in [2.24, 2.45) is 0 Å². The van der Waals surface area contributed by atoms with Gasteiger partial charge < -0.3 is 14.3 Å². The van der Waals surface area contributed by atoms with Gasteiger partial charge in [-0.2, -0.15) is 0 Å². The number of halogens is 1. The summed E-state index contributed by atoms with van der Waals surface area (Å²) in [5.41, 5.74) is 1.76. The monoisotopic (exact) mass is 374 g/mol. The standard InChI is InChI=1S/C16H15BrN4O2/c1-11-19-20-16(23-11)14-6-3-7-21(14)10-15(22)18-9-12-4-2-5-13(17)8-12/h2-8H,9-10H2,1H3,(H,18,22). The van der Waals surface area contributed by atoms with Crippen molar-refractivity contribution < 1.29 is 9.21 Å². The van der Waals surface area contributed by atoms with Gasteiger partial charge in [-0.15, -0.1) is 10.2 Å². The molecule has 1 N–H and O–H groups in total. The molecule has 0 spiro atoms. The van der Waals surface area contributed by atoms with Crippen LogP contribution < -0.4 is 5.32 Å². The van der Waals surface area contributed by atoms with Crippen molar-refractivity contribution in [2.75, 3.05) is 0 Å². The van der Waals surface area contributed by atoms with Gasteiger partial charge in [-0.25, -0.2) is 0 Å². The van der Waals surface area contributed by atoms with Crippen molar-refractivity contribution in [2.45, 2.75) is 20.0 Å². The van der Waals surface area contributed by atoms with Gasteiger partial charge in [-0.05, 0) is 29.8 Å². The van der Waals surface area contributed by atoms with Gasteiger partial charge in [-0.1, -0.05) is 28.1 Å². The molecular formula is C16H15BrN4O2. The number of benzene rings is 1. The average molecular weight is 375 g/mol. The van der Waals surface area contributed by atoms with E-state index in [0.29, 0.717) is 18.3 Å². The van der Waals surface area contributed by atoms with Crippen LogP contribution in [0.5, 0.6) is 0 Å². The maximum absolute atomic E-state index is 12.1. The minimum absolute atomic E-state index is 0.0846. The Labute approximate surface area is 141 Å². The molecule has 7 heteroatoms. The summed E-state index contributed by atoms with van der Waals surface area (Å²) in [5.74, 6) is 0.817. The van der Waals surface area contributed by atoms with Gasteiger partial charge >= 0.3 is 0 Å². The van der Waals surface area contributed by atoms with Crippen LogP contribution in [0.15, 0.2) is 51.5 Å². The maximum Gasteiger partial charge on any atom is 0.264 e. The van der Waals surface area contributed by atoms with Crippen molar-refractivity contribution in [3.8, 4) is 11.6 Å². The Bertz CT molecular complexity index is 825. The van der Waals surface area contributed by atoms with E-state index in [1.54, 1.807) is 11.5 Å². The van der Waals surface area contributed by atoms with Crippen LogP contribution in [0.1, 0.15) is 11.5 Å². The summed E-state index contributed by atoms with van der Waals surface area (Å²) in [5, 5.41) is 10.7. The fraction of sp³-hybridized carbons (Fsp3) is 0.188. The van der Waals surface area contributed by atoms with Gasteiger partial charge in [0, 0.05) is 24.1 Å². The maximum atomic E-state index is 12.1. The number of hydrogen-bond acceptors (Lipinski definition) is 4. The zero-order chi connectivity index (χ0) is 16.2. The van der Waals surface area contributed by atoms with E-state index in [4.69, 9.17) is 4.42 Å². The van der Waals surface area contributed by atoms with Gasteiger partial charge in [0.1, 0.15) is 12.2 Å². The zero-order valence-electron chi connectivity index (χ0n) is 12.5. The van der Waals surface area contributed by atoms with Gasteiger partial charge in [0.05, 0.1) is 0 Å². The molecule has 2 aromatic heterocycles. The number of hydrogen-bond donors (Lipinski definition) is 1. The predicted octanol–water partition coefficient (Wildman–Crippen LogP) is 2.93. The average Bonchev–Trinajstić information content (AvgIpc) is 3.14. The van der Waals surface area contributed by atoms with E-state index in [2.05, 4.69) is 31.4 Å². The molecule has 6 nitrogen and oxygen atoms in total. The molecule has 2 heterocycles. The van der Waals surface area contributed by atoms with Crippen molar-refractivity contribution in [3.63, 3.8) is 0 Å². The molecule has 0 aliphatic heterocycles. The van der Waals surface area contributed by atoms with Crippen molar-refractivity contribution in [1.29, 1.82) is 0 Å². The minimum atomic E-state index is -0.0846. The Morgan fingerprint density at radius 1 is 1.30 bits per heavy atom. The lowest BCUT2D eigenvalue weighted by molar-refractivity contribution is -0.121. The molecule has 0 saturated heterocycles. The van der Waals surface area contributed by atoms with Crippen LogP contribution in [-0.4, -0.2) is 20.7 Å². The lowest BCUT2D eigenvalue weighted by Crippen LogP contribution is -2.27. The first-order valence-corrected chi connectivity index (χ1v) is 7.88. The molecule has 3 aromatic rings. The highest BCUT2D eigenvalue weighted by Gasteiger charge is 2.13. The van der Waals surface area contributed by atoms with E-state index in [0.717, 1.165) is 15.7 Å². The van der Waals surface area contributed by atoms with E-state index in [1.807, 2.05) is 42.6 Å². The molecule has 0 radical (unpaired) electrons. The van der Waals surface area contributed by atoms with Crippen LogP contribution in [-0.2, 0) is 17.9 Å². The van der Waals surface area contributed by atoms with Gasteiger partial charge in [0.2, 0.25) is 11.8 Å². The number of aromatic nitrogens is 3. The Morgan fingerprint density at radius 2 is 2.17 bits per heavy atom. The number of nitrogens with one attached hydrogen (secondary N) is 1. The Kier molecular flexibility index (Phi) is 4.57. The summed E-state index contributed by atoms with van der Waals surface area (Å²) in [6.45, 7) is 2.40. The predicted molar refractivity (Wildman–Crippen MR) is 88.4 cm³/mol. The Balaban J connectivity index is 1.64. The lowest BCUT2D eigenvalue weighted by Gasteiger charge is -2.08. The molecule has 1 amide bonds. The second-order valence-electron chi connectivity index (χ2n) is 5.05. The second-order valence-corrected chi connectivity index (χ2v) is 5.97. The third-order valence-corrected chi connectivity index (χ3v) is 3.76. The highest BCUT2D eigenvalue weighted by Crippen LogP contribution is 2.18. The number of carbonyl (C=O) groups is 1. The number of rotatable bonds is 5. The third kappa shape index (κ3) is 3.87. The number of aryl methyl sites for hydroxylation is 1. The van der Waals surface area contributed by atoms with Gasteiger partial charge in [0.15, 0.2) is 0 Å². The van der Waals surface area contributed by atoms with Crippen LogP contribution in [0.2, 0.25) is 0 Å². The summed E-state index contributed by atoms with van der Waals surface area (Å²) in [7, 11) is 0. The molecule has 1 aromatic carbocycles. The van der Waals surface area contributed by atoms with Crippen molar-refractivity contribution >= 4 is 21.8 Å². The van der Waals surface area contributed by atoms with Crippen molar-refractivity contribution in [3.05, 3.63) is 58.5 Å². The van der Waals surface area contributed by atoms with Gasteiger partial charge in [0.25, 0.3) is 5.89 Å². The van der Waals surface area contributed by atoms with Crippen LogP contribution >= 0.6 is 15.9 Å². The molecule has 0 saturated carbocycles. The first kappa shape index (κ1) is 15.5. The number of nitrogens with zero attached hydrogens (tertiary/aromatic N) is 3. The van der Waals surface area contributed by atoms with E-state index in [9.17, 15) is 4.79 Å². The first-order chi connectivity index (χ1) is 11.1. The molecule has 0 aliphatic rings. The van der Waals surface area contributed by atoms with E-state index in [-0.39, 0.29) is 12.5 Å². The molecule has 3 rings (SSSR count). The fourth-order valence-electron chi connectivity index (χ4n) is 2.20. The highest BCUT2D eigenvalue weighted by molar-refractivity contribution is 9.10. The molecule has 0 atom stereocenters. The second kappa shape index (κ2) is 6.78. The van der Waals surface area contributed by atoms with Crippen LogP contribution in [0.3, 0.4) is 0 Å². The summed E-state index contributed by atoms with van der Waals surface area (Å²) in [6.07, 6.45) is 1.81. The topological polar surface area (TPSA) is 73.0 Å². The fourth-order valence-corrected chi connectivity index (χ4v) is 2.65. The molecule has 0 bridgehead atoms. The van der Waals surface area contributed by atoms with E-state index >= 15 is 0 Å². The third-order valence-electron chi connectivity index (χ3n) is 3.27. The summed E-state index contributed by atoms with van der Waals surface area (Å²) in [6, 6.07) is 11.5. The quantitative estimate of drug-likeness (QED) is 0.744.